The van der Waals surface area contributed by atoms with Gasteiger partial charge in [0, 0.05) is 6.54 Å². The maximum Gasteiger partial charge on any atom is 0.408 e. The monoisotopic (exact) mass is 255 g/mol. The highest BCUT2D eigenvalue weighted by atomic mass is 16.6. The van der Waals surface area contributed by atoms with Crippen molar-refractivity contribution in [1.82, 2.24) is 10.2 Å². The topological polar surface area (TPSA) is 84.7 Å². The van der Waals surface area contributed by atoms with Crippen molar-refractivity contribution in [3.63, 3.8) is 0 Å². The Bertz CT molecular complexity index is 360. The molecule has 1 aliphatic heterocycles. The van der Waals surface area contributed by atoms with Gasteiger partial charge in [0.15, 0.2) is 0 Å². The third kappa shape index (κ3) is 3.94. The summed E-state index contributed by atoms with van der Waals surface area (Å²) < 4.78 is 5.11. The van der Waals surface area contributed by atoms with E-state index in [9.17, 15) is 9.59 Å². The van der Waals surface area contributed by atoms with Gasteiger partial charge in [-0.25, -0.2) is 4.79 Å². The predicted octanol–water partition coefficient (Wildman–Crippen LogP) is 0.932. The van der Waals surface area contributed by atoms with Gasteiger partial charge in [-0.3, -0.25) is 9.69 Å². The van der Waals surface area contributed by atoms with E-state index in [1.165, 1.54) is 4.90 Å². The minimum atomic E-state index is -0.592. The second-order valence-corrected chi connectivity index (χ2v) is 5.32. The molecule has 0 bridgehead atoms. The van der Waals surface area contributed by atoms with Gasteiger partial charge in [-0.2, -0.15) is 0 Å². The van der Waals surface area contributed by atoms with E-state index in [-0.39, 0.29) is 11.7 Å². The number of hydrogen-bond acceptors (Lipinski definition) is 4. The van der Waals surface area contributed by atoms with E-state index >= 15 is 0 Å². The van der Waals surface area contributed by atoms with Gasteiger partial charge in [-0.15, -0.1) is 0 Å². The van der Waals surface area contributed by atoms with Crippen LogP contribution in [-0.4, -0.2) is 35.1 Å². The standard InChI is InChI=1S/C12H21N3O3/c1-8(13)15-7-5-6-9(10(15)16)14-11(17)18-12(2,3)4/h9H,1,5-7,13H2,2-4H3,(H,14,17). The van der Waals surface area contributed by atoms with Crippen molar-refractivity contribution < 1.29 is 14.3 Å². The van der Waals surface area contributed by atoms with Gasteiger partial charge in [0.1, 0.15) is 11.6 Å². The summed E-state index contributed by atoms with van der Waals surface area (Å²) in [7, 11) is 0. The molecule has 0 spiro atoms. The molecule has 3 N–H and O–H groups in total. The van der Waals surface area contributed by atoms with Gasteiger partial charge in [-0.1, -0.05) is 6.58 Å². The molecule has 0 aromatic carbocycles. The maximum absolute atomic E-state index is 12.0. The van der Waals surface area contributed by atoms with E-state index in [0.717, 1.165) is 6.42 Å². The predicted molar refractivity (Wildman–Crippen MR) is 67.4 cm³/mol. The van der Waals surface area contributed by atoms with Crippen LogP contribution in [0.2, 0.25) is 0 Å². The van der Waals surface area contributed by atoms with Crippen molar-refractivity contribution in [1.29, 1.82) is 0 Å². The number of piperidine rings is 1. The SMILES string of the molecule is C=C(N)N1CCCC(NC(=O)OC(C)(C)C)C1=O. The number of nitrogens with zero attached hydrogens (tertiary/aromatic N) is 1. The highest BCUT2D eigenvalue weighted by Gasteiger charge is 2.31. The van der Waals surface area contributed by atoms with E-state index < -0.39 is 17.7 Å². The highest BCUT2D eigenvalue weighted by molar-refractivity contribution is 5.87. The van der Waals surface area contributed by atoms with Crippen LogP contribution in [0, 0.1) is 0 Å². The summed E-state index contributed by atoms with van der Waals surface area (Å²) in [6, 6.07) is -0.589. The number of ether oxygens (including phenoxy) is 1. The molecule has 1 saturated heterocycles. The fourth-order valence-electron chi connectivity index (χ4n) is 1.74. The quantitative estimate of drug-likeness (QED) is 0.768. The van der Waals surface area contributed by atoms with Crippen LogP contribution in [0.4, 0.5) is 4.79 Å². The minimum Gasteiger partial charge on any atom is -0.444 e. The maximum atomic E-state index is 12.0. The summed E-state index contributed by atoms with van der Waals surface area (Å²) in [6.07, 6.45) is 0.759. The number of likely N-dealkylation sites (tertiary alicyclic amines) is 1. The van der Waals surface area contributed by atoms with Crippen LogP contribution in [0.1, 0.15) is 33.6 Å². The van der Waals surface area contributed by atoms with Crippen LogP contribution in [0.25, 0.3) is 0 Å². The van der Waals surface area contributed by atoms with E-state index in [0.29, 0.717) is 13.0 Å². The van der Waals surface area contributed by atoms with Crippen LogP contribution >= 0.6 is 0 Å². The van der Waals surface area contributed by atoms with Crippen LogP contribution in [0.3, 0.4) is 0 Å². The lowest BCUT2D eigenvalue weighted by atomic mass is 10.1. The zero-order chi connectivity index (χ0) is 13.9. The molecule has 1 unspecified atom stereocenters. The molecule has 0 aromatic heterocycles. The summed E-state index contributed by atoms with van der Waals surface area (Å²) >= 11 is 0. The molecule has 1 heterocycles. The normalized spacial score (nSPS) is 20.5. The number of hydrogen-bond donors (Lipinski definition) is 2. The van der Waals surface area contributed by atoms with Crippen LogP contribution in [-0.2, 0) is 9.53 Å². The van der Waals surface area contributed by atoms with Gasteiger partial charge in [0.05, 0.1) is 5.82 Å². The third-order valence-electron chi connectivity index (χ3n) is 2.48. The summed E-state index contributed by atoms with van der Waals surface area (Å²) in [5.74, 6) is -0.0321. The van der Waals surface area contributed by atoms with Crippen molar-refractivity contribution in [2.45, 2.75) is 45.3 Å². The van der Waals surface area contributed by atoms with Crippen molar-refractivity contribution in [2.24, 2.45) is 5.73 Å². The first-order chi connectivity index (χ1) is 8.20. The summed E-state index contributed by atoms with van der Waals surface area (Å²) in [5.41, 5.74) is 4.93. The minimum absolute atomic E-state index is 0.204. The largest absolute Gasteiger partial charge is 0.444 e. The number of carbonyl (C=O) groups is 2. The Morgan fingerprint density at radius 2 is 2.17 bits per heavy atom. The Balaban J connectivity index is 2.59. The number of rotatable bonds is 2. The average Bonchev–Trinajstić information content (AvgIpc) is 2.17. The number of nitrogens with two attached hydrogens (primary N) is 1. The van der Waals surface area contributed by atoms with Crippen LogP contribution in [0.5, 0.6) is 0 Å². The smallest absolute Gasteiger partial charge is 0.408 e. The second-order valence-electron chi connectivity index (χ2n) is 5.32. The first kappa shape index (κ1) is 14.3. The summed E-state index contributed by atoms with van der Waals surface area (Å²) in [5, 5.41) is 2.56. The van der Waals surface area contributed by atoms with Crippen molar-refractivity contribution >= 4 is 12.0 Å². The molecule has 18 heavy (non-hydrogen) atoms. The molecule has 6 nitrogen and oxygen atoms in total. The molecule has 1 rings (SSSR count). The van der Waals surface area contributed by atoms with Gasteiger partial charge in [0.25, 0.3) is 5.91 Å². The summed E-state index contributed by atoms with van der Waals surface area (Å²) in [6.45, 7) is 9.38. The first-order valence-electron chi connectivity index (χ1n) is 5.96. The molecule has 1 atom stereocenters. The van der Waals surface area contributed by atoms with Crippen molar-refractivity contribution in [2.75, 3.05) is 6.54 Å². The third-order valence-corrected chi connectivity index (χ3v) is 2.48. The fraction of sp³-hybridized carbons (Fsp3) is 0.667. The molecule has 0 aliphatic carbocycles. The molecule has 102 valence electrons. The lowest BCUT2D eigenvalue weighted by Gasteiger charge is -2.32. The van der Waals surface area contributed by atoms with Crippen molar-refractivity contribution in [3.8, 4) is 0 Å². The Morgan fingerprint density at radius 3 is 2.67 bits per heavy atom. The van der Waals surface area contributed by atoms with Gasteiger partial charge < -0.3 is 15.8 Å². The number of alkyl carbamates (subject to hydrolysis) is 1. The zero-order valence-electron chi connectivity index (χ0n) is 11.2. The van der Waals surface area contributed by atoms with Gasteiger partial charge in [0.2, 0.25) is 0 Å². The molecule has 1 fully saturated rings. The Kier molecular flexibility index (Phi) is 4.21. The number of amides is 2. The number of nitrogens with one attached hydrogen (secondary N) is 1. The lowest BCUT2D eigenvalue weighted by molar-refractivity contribution is -0.133. The van der Waals surface area contributed by atoms with Crippen LogP contribution in [0.15, 0.2) is 12.4 Å². The van der Waals surface area contributed by atoms with E-state index in [1.54, 1.807) is 20.8 Å². The van der Waals surface area contributed by atoms with E-state index in [4.69, 9.17) is 10.5 Å². The Labute approximate surface area is 107 Å². The molecular weight excluding hydrogens is 234 g/mol. The molecule has 1 aliphatic rings. The number of carbonyl (C=O) groups excluding carboxylic acids is 2. The van der Waals surface area contributed by atoms with Crippen LogP contribution < -0.4 is 11.1 Å². The van der Waals surface area contributed by atoms with Gasteiger partial charge >= 0.3 is 6.09 Å². The Hall–Kier alpha value is -1.72. The average molecular weight is 255 g/mol. The van der Waals surface area contributed by atoms with Crippen molar-refractivity contribution in [3.05, 3.63) is 12.4 Å². The fourth-order valence-corrected chi connectivity index (χ4v) is 1.74. The molecule has 0 radical (unpaired) electrons. The Morgan fingerprint density at radius 1 is 1.56 bits per heavy atom. The van der Waals surface area contributed by atoms with E-state index in [2.05, 4.69) is 11.9 Å². The van der Waals surface area contributed by atoms with Gasteiger partial charge in [-0.05, 0) is 33.6 Å². The second kappa shape index (κ2) is 5.29. The summed E-state index contributed by atoms with van der Waals surface area (Å²) in [4.78, 5) is 25.0. The lowest BCUT2D eigenvalue weighted by Crippen LogP contribution is -2.53. The highest BCUT2D eigenvalue weighted by Crippen LogP contribution is 2.15. The molecule has 6 heteroatoms. The molecule has 2 amide bonds. The molecule has 0 saturated carbocycles. The van der Waals surface area contributed by atoms with E-state index in [1.807, 2.05) is 0 Å². The molecular formula is C12H21N3O3. The zero-order valence-corrected chi connectivity index (χ0v) is 11.2. The molecule has 0 aromatic rings. The first-order valence-corrected chi connectivity index (χ1v) is 5.96.